The Morgan fingerprint density at radius 3 is 1.64 bits per heavy atom. The molecule has 0 radical (unpaired) electrons. The molecule has 380 valence electrons. The normalized spacial score (nSPS) is 11.9. The second-order valence-electron chi connectivity index (χ2n) is 15.8. The van der Waals surface area contributed by atoms with Crippen LogP contribution in [0.25, 0.3) is 21.5 Å². The number of fused-ring (bicyclic) bond motifs is 2. The molecule has 0 heterocycles. The maximum absolute atomic E-state index is 13.4. The standard InChI is InChI=1S/2C26H22ClN3O6S.Ca/c2*1-3-36-18-9-6-8-17(14-18)28-26(32)20-13-16-7-4-5-10-19(16)23(24(20)31)30-29-22-12-11-21(27)25(15(22)2)37(33,34)35;/h2*4-14,31H,3H2,1-2H3,(H,28,32)(H,33,34,35);/q;;+2/p-2. The summed E-state index contributed by atoms with van der Waals surface area (Å²) in [4.78, 5) is 16.2. The zero-order valence-corrected chi connectivity index (χ0v) is 45.5. The number of nitrogens with zero attached hydrogens (tertiary/aromatic N) is 5. The van der Waals surface area contributed by atoms with Gasteiger partial charge in [0.05, 0.1) is 51.6 Å². The van der Waals surface area contributed by atoms with Crippen molar-refractivity contribution >= 4 is 149 Å². The fourth-order valence-electron chi connectivity index (χ4n) is 7.53. The number of carbonyl (C=O) groups is 1. The van der Waals surface area contributed by atoms with Gasteiger partial charge in [0, 0.05) is 28.6 Å². The molecule has 18 nitrogen and oxygen atoms in total. The van der Waals surface area contributed by atoms with Gasteiger partial charge < -0.3 is 30.1 Å². The number of azo groups is 2. The Labute approximate surface area is 470 Å². The van der Waals surface area contributed by atoms with E-state index in [1.165, 1.54) is 50.2 Å². The van der Waals surface area contributed by atoms with Crippen molar-refractivity contribution in [3.8, 4) is 23.0 Å². The summed E-state index contributed by atoms with van der Waals surface area (Å²) in [6.07, 6.45) is 0. The van der Waals surface area contributed by atoms with Gasteiger partial charge in [-0.1, -0.05) is 89.6 Å². The van der Waals surface area contributed by atoms with Crippen LogP contribution in [0, 0.1) is 13.8 Å². The number of phenols is 1. The predicted octanol–water partition coefficient (Wildman–Crippen LogP) is 11.8. The first-order chi connectivity index (χ1) is 35.2. The topological polar surface area (TPSA) is 284 Å². The molecule has 0 unspecified atom stereocenters. The molecule has 8 aromatic rings. The van der Waals surface area contributed by atoms with E-state index in [1.807, 2.05) is 13.8 Å². The summed E-state index contributed by atoms with van der Waals surface area (Å²) in [7, 11) is -9.24. The van der Waals surface area contributed by atoms with E-state index < -0.39 is 53.3 Å². The first-order valence-corrected chi connectivity index (χ1v) is 25.7. The van der Waals surface area contributed by atoms with Crippen molar-refractivity contribution in [2.75, 3.05) is 18.5 Å². The van der Waals surface area contributed by atoms with E-state index in [1.54, 1.807) is 97.1 Å². The second kappa shape index (κ2) is 24.7. The number of hydrogen-bond acceptors (Lipinski definition) is 15. The van der Waals surface area contributed by atoms with E-state index in [0.29, 0.717) is 57.6 Å². The Morgan fingerprint density at radius 1 is 0.627 bits per heavy atom. The quantitative estimate of drug-likeness (QED) is 0.0260. The molecule has 0 aliphatic rings. The van der Waals surface area contributed by atoms with Gasteiger partial charge in [-0.05, 0) is 122 Å². The molecule has 23 heteroatoms. The van der Waals surface area contributed by atoms with Gasteiger partial charge in [0.2, 0.25) is 0 Å². The van der Waals surface area contributed by atoms with Gasteiger partial charge in [-0.3, -0.25) is 18.9 Å². The Morgan fingerprint density at radius 2 is 1.11 bits per heavy atom. The van der Waals surface area contributed by atoms with Gasteiger partial charge in [-0.15, -0.1) is 5.11 Å². The molecule has 0 atom stereocenters. The number of halogens is 2. The molecular formula is C52H42CaCl2N6O12S2. The minimum Gasteiger partial charge on any atom is -0.871 e. The third kappa shape index (κ3) is 13.6. The van der Waals surface area contributed by atoms with Gasteiger partial charge in [0.25, 0.3) is 26.1 Å². The van der Waals surface area contributed by atoms with E-state index >= 15 is 0 Å². The van der Waals surface area contributed by atoms with Gasteiger partial charge >= 0.3 is 37.7 Å². The number of rotatable bonds is 14. The average molecular weight is 1120 g/mol. The van der Waals surface area contributed by atoms with Gasteiger partial charge in [-0.25, -0.2) is 0 Å². The van der Waals surface area contributed by atoms with E-state index in [2.05, 4.69) is 30.8 Å². The smallest absolute Gasteiger partial charge is 0.871 e. The van der Waals surface area contributed by atoms with Gasteiger partial charge in [0.1, 0.15) is 27.0 Å². The number of hydrogen-bond donors (Lipinski definition) is 4. The fraction of sp³-hybridized carbons (Fsp3) is 0.115. The molecule has 4 N–H and O–H groups in total. The van der Waals surface area contributed by atoms with Gasteiger partial charge in [0.15, 0.2) is 5.75 Å². The van der Waals surface area contributed by atoms with Crippen molar-refractivity contribution in [1.29, 1.82) is 0 Å². The maximum atomic E-state index is 13.4. The first-order valence-electron chi connectivity index (χ1n) is 22.1. The summed E-state index contributed by atoms with van der Waals surface area (Å²) in [5.74, 6) is -1.34. The summed E-state index contributed by atoms with van der Waals surface area (Å²) >= 11 is 11.9. The number of nitrogens with one attached hydrogen (secondary N) is 1. The third-order valence-corrected chi connectivity index (χ3v) is 13.8. The van der Waals surface area contributed by atoms with Crippen molar-refractivity contribution in [2.45, 2.75) is 37.5 Å². The number of anilines is 1. The van der Waals surface area contributed by atoms with Crippen LogP contribution in [0.3, 0.4) is 0 Å². The predicted molar refractivity (Wildman–Crippen MR) is 284 cm³/mol. The van der Waals surface area contributed by atoms with Crippen molar-refractivity contribution in [2.24, 2.45) is 25.4 Å². The van der Waals surface area contributed by atoms with Crippen molar-refractivity contribution in [3.05, 3.63) is 166 Å². The van der Waals surface area contributed by atoms with Crippen LogP contribution in [0.4, 0.5) is 34.1 Å². The molecular weight excluding hydrogens is 1080 g/mol. The molecule has 0 aliphatic heterocycles. The molecule has 0 spiro atoms. The van der Waals surface area contributed by atoms with Crippen molar-refractivity contribution in [3.63, 3.8) is 0 Å². The second-order valence-corrected chi connectivity index (χ2v) is 19.4. The van der Waals surface area contributed by atoms with Crippen LogP contribution in [-0.2, 0) is 20.2 Å². The number of phenolic OH excluding ortho intramolecular Hbond substituents is 1. The van der Waals surface area contributed by atoms with Crippen LogP contribution in [-0.4, -0.2) is 93.8 Å². The monoisotopic (exact) mass is 1120 g/mol. The average Bonchev–Trinajstić information content (AvgIpc) is 3.34. The zero-order chi connectivity index (χ0) is 53.5. The zero-order valence-electron chi connectivity index (χ0n) is 40.1. The fourth-order valence-corrected chi connectivity index (χ4v) is 10.1. The van der Waals surface area contributed by atoms with Crippen LogP contribution in [0.5, 0.6) is 23.0 Å². The number of aliphatic imine (C=N–C) groups is 1. The maximum Gasteiger partial charge on any atom is 2.00 e. The summed E-state index contributed by atoms with van der Waals surface area (Å²) in [6, 6.07) is 35.6. The Kier molecular flexibility index (Phi) is 19.0. The SMILES string of the molecule is CCOc1cccc(N=C([O-])c2cc3ccccc3c(N=Nc3ccc(Cl)c(S(=O)(=O)O)c3C)c2[O-])c1.CCOc1cccc(NC(=O)c2cc3ccccc3c(N=Nc3ccc(Cl)c(S(=O)(=O)O)c3C)c2O)c1.[Ca+2]. The molecule has 0 aliphatic carbocycles. The van der Waals surface area contributed by atoms with Crippen LogP contribution in [0.1, 0.15) is 40.9 Å². The minimum atomic E-state index is -4.63. The number of ether oxygens (including phenoxy) is 2. The van der Waals surface area contributed by atoms with E-state index in [4.69, 9.17) is 32.7 Å². The molecule has 0 aromatic heterocycles. The molecule has 8 aromatic carbocycles. The largest absolute Gasteiger partial charge is 2.00 e. The third-order valence-electron chi connectivity index (χ3n) is 10.9. The molecule has 0 bridgehead atoms. The number of benzene rings is 8. The summed E-state index contributed by atoms with van der Waals surface area (Å²) in [5.41, 5.74) is 0.719. The molecule has 0 saturated heterocycles. The van der Waals surface area contributed by atoms with E-state index in [9.17, 15) is 46.1 Å². The molecule has 1 amide bonds. The van der Waals surface area contributed by atoms with Gasteiger partial charge in [-0.2, -0.15) is 32.2 Å². The van der Waals surface area contributed by atoms with Crippen LogP contribution in [0.2, 0.25) is 10.0 Å². The molecule has 0 fully saturated rings. The van der Waals surface area contributed by atoms with Crippen LogP contribution < -0.4 is 25.0 Å². The molecule has 8 rings (SSSR count). The van der Waals surface area contributed by atoms with Crippen molar-refractivity contribution < 1.29 is 55.5 Å². The number of aromatic hydroxyl groups is 1. The number of carbonyl (C=O) groups excluding carboxylic acids is 1. The Hall–Kier alpha value is -6.72. The van der Waals surface area contributed by atoms with Crippen molar-refractivity contribution in [1.82, 2.24) is 0 Å². The first kappa shape index (κ1) is 57.6. The Balaban J connectivity index is 0.000000241. The summed E-state index contributed by atoms with van der Waals surface area (Å²) in [6.45, 7) is 7.41. The molecule has 75 heavy (non-hydrogen) atoms. The minimum absolute atomic E-state index is 0. The molecule has 0 saturated carbocycles. The number of amides is 1. The Bertz CT molecular complexity index is 3830. The van der Waals surface area contributed by atoms with Crippen LogP contribution in [0.15, 0.2) is 169 Å². The summed E-state index contributed by atoms with van der Waals surface area (Å²) in [5, 5.41) is 58.4. The van der Waals surface area contributed by atoms with E-state index in [-0.39, 0.29) is 92.8 Å². The summed E-state index contributed by atoms with van der Waals surface area (Å²) < 4.78 is 77.0. The van der Waals surface area contributed by atoms with E-state index in [0.717, 1.165) is 0 Å². The van der Waals surface area contributed by atoms with Crippen LogP contribution >= 0.6 is 23.2 Å².